The van der Waals surface area contributed by atoms with Gasteiger partial charge in [-0.1, -0.05) is 24.3 Å². The first-order valence-corrected chi connectivity index (χ1v) is 11.0. The summed E-state index contributed by atoms with van der Waals surface area (Å²) in [7, 11) is 0. The highest BCUT2D eigenvalue weighted by atomic mass is 19.1. The number of hydrogen-bond donors (Lipinski definition) is 4. The third-order valence-corrected chi connectivity index (χ3v) is 5.58. The molecule has 180 valence electrons. The number of carbonyl (C=O) groups is 3. The third-order valence-electron chi connectivity index (χ3n) is 5.58. The van der Waals surface area contributed by atoms with Crippen molar-refractivity contribution in [3.05, 3.63) is 65.7 Å². The maximum atomic E-state index is 12.9. The zero-order valence-electron chi connectivity index (χ0n) is 18.5. The van der Waals surface area contributed by atoms with Gasteiger partial charge >= 0.3 is 11.9 Å². The number of imidazole rings is 1. The summed E-state index contributed by atoms with van der Waals surface area (Å²) >= 11 is 0. The molecule has 1 aliphatic heterocycles. The second-order valence-corrected chi connectivity index (χ2v) is 8.03. The number of fused-ring (bicyclic) bond motifs is 1. The second kappa shape index (κ2) is 11.9. The van der Waals surface area contributed by atoms with Crippen LogP contribution in [0.5, 0.6) is 0 Å². The predicted molar refractivity (Wildman–Crippen MR) is 122 cm³/mol. The SMILES string of the molecule is O=C(NCCc1ccc(F)cc1)C1CCN(Cc2nc3ccccc3[nH]2)CC1.O=C(O)C(=O)O. The lowest BCUT2D eigenvalue weighted by atomic mass is 9.96. The quantitative estimate of drug-likeness (QED) is 0.406. The van der Waals surface area contributed by atoms with Gasteiger partial charge in [-0.2, -0.15) is 0 Å². The number of carboxylic acid groups (broad SMARTS) is 2. The highest BCUT2D eigenvalue weighted by Crippen LogP contribution is 2.19. The number of nitrogens with zero attached hydrogens (tertiary/aromatic N) is 2. The number of amides is 1. The van der Waals surface area contributed by atoms with Gasteiger partial charge in [-0.3, -0.25) is 9.69 Å². The summed E-state index contributed by atoms with van der Waals surface area (Å²) in [5, 5.41) is 17.8. The molecule has 0 spiro atoms. The second-order valence-electron chi connectivity index (χ2n) is 8.03. The highest BCUT2D eigenvalue weighted by Gasteiger charge is 2.25. The lowest BCUT2D eigenvalue weighted by Crippen LogP contribution is -2.40. The van der Waals surface area contributed by atoms with Gasteiger partial charge in [-0.25, -0.2) is 19.0 Å². The molecule has 0 bridgehead atoms. The fourth-order valence-corrected chi connectivity index (χ4v) is 3.77. The van der Waals surface area contributed by atoms with E-state index < -0.39 is 11.9 Å². The Balaban J connectivity index is 0.000000481. The Morgan fingerprint density at radius 2 is 1.68 bits per heavy atom. The van der Waals surface area contributed by atoms with E-state index in [1.807, 2.05) is 24.3 Å². The number of rotatable bonds is 6. The van der Waals surface area contributed by atoms with E-state index in [1.54, 1.807) is 12.1 Å². The van der Waals surface area contributed by atoms with Crippen LogP contribution in [0.4, 0.5) is 4.39 Å². The molecule has 3 aromatic rings. The lowest BCUT2D eigenvalue weighted by Gasteiger charge is -2.30. The number of piperidine rings is 1. The first-order chi connectivity index (χ1) is 16.3. The minimum atomic E-state index is -1.82. The van der Waals surface area contributed by atoms with Crippen LogP contribution in [0.2, 0.25) is 0 Å². The van der Waals surface area contributed by atoms with E-state index in [0.29, 0.717) is 6.54 Å². The molecule has 4 N–H and O–H groups in total. The topological polar surface area (TPSA) is 136 Å². The number of carbonyl (C=O) groups excluding carboxylic acids is 1. The highest BCUT2D eigenvalue weighted by molar-refractivity contribution is 6.27. The molecule has 9 nitrogen and oxygen atoms in total. The summed E-state index contributed by atoms with van der Waals surface area (Å²) in [6, 6.07) is 14.5. The molecule has 1 saturated heterocycles. The van der Waals surface area contributed by atoms with Gasteiger partial charge in [0.25, 0.3) is 0 Å². The van der Waals surface area contributed by atoms with Crippen LogP contribution < -0.4 is 5.32 Å². The fourth-order valence-electron chi connectivity index (χ4n) is 3.77. The number of hydrogen-bond acceptors (Lipinski definition) is 5. The van der Waals surface area contributed by atoms with E-state index in [1.165, 1.54) is 12.1 Å². The normalized spacial score (nSPS) is 14.3. The average molecular weight is 471 g/mol. The molecule has 34 heavy (non-hydrogen) atoms. The molecule has 10 heteroatoms. The molecule has 1 aromatic heterocycles. The molecule has 0 radical (unpaired) electrons. The summed E-state index contributed by atoms with van der Waals surface area (Å²) < 4.78 is 12.9. The van der Waals surface area contributed by atoms with E-state index in [4.69, 9.17) is 19.8 Å². The summed E-state index contributed by atoms with van der Waals surface area (Å²) in [5.41, 5.74) is 3.09. The number of aromatic amines is 1. The molecule has 0 saturated carbocycles. The van der Waals surface area contributed by atoms with Crippen molar-refractivity contribution in [3.63, 3.8) is 0 Å². The zero-order valence-corrected chi connectivity index (χ0v) is 18.5. The number of H-pyrrole nitrogens is 1. The van der Waals surface area contributed by atoms with Crippen molar-refractivity contribution in [2.75, 3.05) is 19.6 Å². The van der Waals surface area contributed by atoms with Crippen LogP contribution in [0.3, 0.4) is 0 Å². The molecule has 0 unspecified atom stereocenters. The van der Waals surface area contributed by atoms with Gasteiger partial charge in [0.2, 0.25) is 5.91 Å². The van der Waals surface area contributed by atoms with Crippen molar-refractivity contribution >= 4 is 28.9 Å². The summed E-state index contributed by atoms with van der Waals surface area (Å²) in [4.78, 5) is 41.0. The number of halogens is 1. The number of aromatic nitrogens is 2. The maximum Gasteiger partial charge on any atom is 0.414 e. The molecule has 2 heterocycles. The number of aliphatic carboxylic acids is 2. The van der Waals surface area contributed by atoms with Crippen LogP contribution in [0, 0.1) is 11.7 Å². The van der Waals surface area contributed by atoms with E-state index in [0.717, 1.165) is 61.3 Å². The van der Waals surface area contributed by atoms with Gasteiger partial charge in [0.05, 0.1) is 17.6 Å². The number of para-hydroxylation sites is 2. The number of nitrogens with one attached hydrogen (secondary N) is 2. The smallest absolute Gasteiger partial charge is 0.414 e. The van der Waals surface area contributed by atoms with Crippen molar-refractivity contribution < 1.29 is 29.0 Å². The monoisotopic (exact) mass is 470 g/mol. The average Bonchev–Trinajstić information content (AvgIpc) is 3.23. The van der Waals surface area contributed by atoms with Gasteiger partial charge < -0.3 is 20.5 Å². The standard InChI is InChI=1S/C22H25FN4O.C2H2O4/c23-18-7-5-16(6-8-18)9-12-24-22(28)17-10-13-27(14-11-17)15-21-25-19-3-1-2-4-20(19)26-21;3-1(4)2(5)6/h1-8,17H,9-15H2,(H,24,28)(H,25,26);(H,3,4)(H,5,6). The first kappa shape index (κ1) is 24.8. The largest absolute Gasteiger partial charge is 0.473 e. The zero-order chi connectivity index (χ0) is 24.5. The molecular formula is C24H27FN4O5. The molecule has 2 aromatic carbocycles. The Hall–Kier alpha value is -3.79. The number of benzene rings is 2. The van der Waals surface area contributed by atoms with Crippen molar-refractivity contribution in [1.29, 1.82) is 0 Å². The molecule has 1 fully saturated rings. The Bertz CT molecular complexity index is 1080. The van der Waals surface area contributed by atoms with Gasteiger partial charge in [-0.05, 0) is 62.2 Å². The first-order valence-electron chi connectivity index (χ1n) is 11.0. The van der Waals surface area contributed by atoms with Crippen molar-refractivity contribution in [3.8, 4) is 0 Å². The van der Waals surface area contributed by atoms with Crippen LogP contribution in [0.1, 0.15) is 24.2 Å². The van der Waals surface area contributed by atoms with Crippen molar-refractivity contribution in [1.82, 2.24) is 20.2 Å². The molecule has 4 rings (SSSR count). The van der Waals surface area contributed by atoms with Crippen molar-refractivity contribution in [2.45, 2.75) is 25.8 Å². The van der Waals surface area contributed by atoms with Gasteiger partial charge in [0.1, 0.15) is 11.6 Å². The molecular weight excluding hydrogens is 443 g/mol. The van der Waals surface area contributed by atoms with E-state index in [9.17, 15) is 9.18 Å². The Morgan fingerprint density at radius 3 is 2.29 bits per heavy atom. The van der Waals surface area contributed by atoms with Crippen LogP contribution >= 0.6 is 0 Å². The van der Waals surface area contributed by atoms with Gasteiger partial charge in [0.15, 0.2) is 0 Å². The lowest BCUT2D eigenvalue weighted by molar-refractivity contribution is -0.159. The van der Waals surface area contributed by atoms with Crippen LogP contribution in [0.25, 0.3) is 11.0 Å². The van der Waals surface area contributed by atoms with Gasteiger partial charge in [0, 0.05) is 12.5 Å². The summed E-state index contributed by atoms with van der Waals surface area (Å²) in [5.74, 6) is -2.71. The van der Waals surface area contributed by atoms with Gasteiger partial charge in [-0.15, -0.1) is 0 Å². The molecule has 0 aliphatic carbocycles. The van der Waals surface area contributed by atoms with E-state index in [-0.39, 0.29) is 17.6 Å². The fraction of sp³-hybridized carbons (Fsp3) is 0.333. The summed E-state index contributed by atoms with van der Waals surface area (Å²) in [6.07, 6.45) is 2.45. The predicted octanol–water partition coefficient (Wildman–Crippen LogP) is 2.43. The Kier molecular flexibility index (Phi) is 8.69. The minimum absolute atomic E-state index is 0.0696. The number of carboxylic acids is 2. The minimum Gasteiger partial charge on any atom is -0.473 e. The number of likely N-dealkylation sites (tertiary alicyclic amines) is 1. The summed E-state index contributed by atoms with van der Waals surface area (Å²) in [6.45, 7) is 3.16. The Labute approximate surface area is 195 Å². The van der Waals surface area contributed by atoms with Crippen molar-refractivity contribution in [2.24, 2.45) is 5.92 Å². The molecule has 1 aliphatic rings. The van der Waals surface area contributed by atoms with E-state index in [2.05, 4.69) is 20.2 Å². The molecule has 0 atom stereocenters. The van der Waals surface area contributed by atoms with Crippen LogP contribution in [-0.4, -0.2) is 62.6 Å². The van der Waals surface area contributed by atoms with E-state index >= 15 is 0 Å². The molecule has 1 amide bonds. The Morgan fingerprint density at radius 1 is 1.03 bits per heavy atom. The van der Waals surface area contributed by atoms with Crippen LogP contribution in [-0.2, 0) is 27.3 Å². The third kappa shape index (κ3) is 7.38. The van der Waals surface area contributed by atoms with Crippen LogP contribution in [0.15, 0.2) is 48.5 Å². The maximum absolute atomic E-state index is 12.9.